The SMILES string of the molecule is CN[C@@H](C)C(=O)N[C@H](C(=O)N1Cc2cc(OC3CCCC(N4CCN(c5ccc(C(=O)Nc6ncc(Sc7cc(C(=O)N8CCOCC8)c(OC)cc7C)s6)cc5)CC4)CC3)ccc2C[C@H]1C(=O)N[C@@H]1CCCc2ccccc21)C(C)(C)C. The number of anilines is 2. The van der Waals surface area contributed by atoms with Crippen LogP contribution in [0.4, 0.5) is 10.8 Å². The number of ether oxygens (including phenoxy) is 3. The second-order valence-electron chi connectivity index (χ2n) is 23.8. The van der Waals surface area contributed by atoms with Gasteiger partial charge in [-0.15, -0.1) is 0 Å². The Morgan fingerprint density at radius 2 is 1.61 bits per heavy atom. The number of benzene rings is 4. The van der Waals surface area contributed by atoms with Gasteiger partial charge in [0.1, 0.15) is 23.6 Å². The van der Waals surface area contributed by atoms with E-state index in [0.29, 0.717) is 60.8 Å². The van der Waals surface area contributed by atoms with E-state index in [2.05, 4.69) is 60.3 Å². The van der Waals surface area contributed by atoms with Gasteiger partial charge in [-0.25, -0.2) is 4.98 Å². The Labute approximate surface area is 497 Å². The molecular formula is C64H81N9O8S2. The van der Waals surface area contributed by atoms with Gasteiger partial charge in [-0.05, 0) is 154 Å². The zero-order chi connectivity index (χ0) is 58.4. The lowest BCUT2D eigenvalue weighted by Crippen LogP contribution is -2.62. The third kappa shape index (κ3) is 14.2. The van der Waals surface area contributed by atoms with Crippen molar-refractivity contribution in [2.75, 3.05) is 76.9 Å². The molecule has 3 fully saturated rings. The summed E-state index contributed by atoms with van der Waals surface area (Å²) >= 11 is 2.89. The van der Waals surface area contributed by atoms with Crippen LogP contribution in [-0.4, -0.2) is 146 Å². The first-order chi connectivity index (χ1) is 40.0. The number of rotatable bonds is 16. The number of hydrogen-bond acceptors (Lipinski definition) is 14. The lowest BCUT2D eigenvalue weighted by Gasteiger charge is -2.42. The summed E-state index contributed by atoms with van der Waals surface area (Å²) in [4.78, 5) is 83.7. The van der Waals surface area contributed by atoms with Crippen molar-refractivity contribution in [1.29, 1.82) is 0 Å². The summed E-state index contributed by atoms with van der Waals surface area (Å²) in [7, 11) is 3.29. The number of carbonyl (C=O) groups is 5. The molecule has 17 nitrogen and oxygen atoms in total. The van der Waals surface area contributed by atoms with Gasteiger partial charge in [0.05, 0.1) is 54.5 Å². The smallest absolute Gasteiger partial charge is 0.257 e. The van der Waals surface area contributed by atoms with Crippen LogP contribution in [0.5, 0.6) is 11.5 Å². The monoisotopic (exact) mass is 1170 g/mol. The molecule has 5 aromatic rings. The molecule has 83 heavy (non-hydrogen) atoms. The Hall–Kier alpha value is -6.51. The van der Waals surface area contributed by atoms with E-state index in [-0.39, 0.29) is 48.2 Å². The highest BCUT2D eigenvalue weighted by atomic mass is 32.2. The molecule has 5 aliphatic rings. The highest BCUT2D eigenvalue weighted by Gasteiger charge is 2.43. The average molecular weight is 1170 g/mol. The van der Waals surface area contributed by atoms with Crippen LogP contribution in [0.25, 0.3) is 0 Å². The molecule has 2 saturated heterocycles. The van der Waals surface area contributed by atoms with Crippen LogP contribution in [0, 0.1) is 12.3 Å². The first kappa shape index (κ1) is 59.6. The van der Waals surface area contributed by atoms with Gasteiger partial charge in [0.25, 0.3) is 11.8 Å². The number of hydrogen-bond donors (Lipinski definition) is 4. The van der Waals surface area contributed by atoms with Gasteiger partial charge in [-0.2, -0.15) is 0 Å². The van der Waals surface area contributed by atoms with Crippen molar-refractivity contribution in [3.63, 3.8) is 0 Å². The van der Waals surface area contributed by atoms with Gasteiger partial charge in [-0.1, -0.05) is 74.2 Å². The second kappa shape index (κ2) is 26.6. The Kier molecular flexibility index (Phi) is 19.1. The molecule has 4 aromatic carbocycles. The summed E-state index contributed by atoms with van der Waals surface area (Å²) in [5, 5.41) is 12.9. The predicted molar refractivity (Wildman–Crippen MR) is 325 cm³/mol. The number of methoxy groups -OCH3 is 1. The van der Waals surface area contributed by atoms with Gasteiger partial charge in [-0.3, -0.25) is 34.2 Å². The van der Waals surface area contributed by atoms with Crippen LogP contribution in [0.15, 0.2) is 94.2 Å². The van der Waals surface area contributed by atoms with E-state index >= 15 is 0 Å². The topological polar surface area (TPSA) is 187 Å². The van der Waals surface area contributed by atoms with Crippen LogP contribution in [0.1, 0.15) is 127 Å². The Balaban J connectivity index is 0.721. The van der Waals surface area contributed by atoms with Crippen molar-refractivity contribution < 1.29 is 38.2 Å². The fourth-order valence-electron chi connectivity index (χ4n) is 12.3. The van der Waals surface area contributed by atoms with Gasteiger partial charge < -0.3 is 44.9 Å². The van der Waals surface area contributed by atoms with Crippen molar-refractivity contribution in [2.24, 2.45) is 5.41 Å². The van der Waals surface area contributed by atoms with Crippen LogP contribution >= 0.6 is 23.1 Å². The highest BCUT2D eigenvalue weighted by Crippen LogP contribution is 2.40. The van der Waals surface area contributed by atoms with E-state index in [1.54, 1.807) is 37.1 Å². The zero-order valence-corrected chi connectivity index (χ0v) is 50.7. The number of piperazine rings is 1. The van der Waals surface area contributed by atoms with Gasteiger partial charge in [0, 0.05) is 74.4 Å². The van der Waals surface area contributed by atoms with Gasteiger partial charge in [0.2, 0.25) is 17.7 Å². The number of morpholine rings is 1. The van der Waals surface area contributed by atoms with Crippen LogP contribution in [0.3, 0.4) is 0 Å². The largest absolute Gasteiger partial charge is 0.496 e. The van der Waals surface area contributed by atoms with E-state index in [0.717, 1.165) is 120 Å². The first-order valence-corrected chi connectivity index (χ1v) is 31.2. The fourth-order valence-corrected chi connectivity index (χ4v) is 14.2. The van der Waals surface area contributed by atoms with Gasteiger partial charge >= 0.3 is 0 Å². The van der Waals surface area contributed by atoms with E-state index < -0.39 is 23.5 Å². The number of likely N-dealkylation sites (N-methyl/N-ethyl adjacent to an activating group) is 1. The number of nitrogens with zero attached hydrogens (tertiary/aromatic N) is 5. The second-order valence-corrected chi connectivity index (χ2v) is 26.2. The summed E-state index contributed by atoms with van der Waals surface area (Å²) in [6.45, 7) is 15.6. The van der Waals surface area contributed by atoms with E-state index in [4.69, 9.17) is 14.2 Å². The maximum Gasteiger partial charge on any atom is 0.257 e. The number of aromatic nitrogens is 1. The molecule has 0 radical (unpaired) electrons. The third-order valence-corrected chi connectivity index (χ3v) is 19.4. The molecule has 4 N–H and O–H groups in total. The molecule has 19 heteroatoms. The molecule has 4 heterocycles. The lowest BCUT2D eigenvalue weighted by atomic mass is 9.83. The summed E-state index contributed by atoms with van der Waals surface area (Å²) in [6, 6.07) is 24.2. The molecule has 2 unspecified atom stereocenters. The predicted octanol–water partition coefficient (Wildman–Crippen LogP) is 8.82. The molecule has 2 aliphatic carbocycles. The summed E-state index contributed by atoms with van der Waals surface area (Å²) < 4.78 is 18.7. The Morgan fingerprint density at radius 3 is 2.36 bits per heavy atom. The standard InChI is InChI=1S/C64H81N9O8S2/c1-40-34-54(79-7)51(61(77)72-30-32-80-33-31-72)37-55(40)82-56-38-66-63(83-56)69-59(75)43-18-21-47(22-19-43)71-28-26-70(27-29-71)46-14-11-15-48(25-23-46)81-49-24-20-44-36-53(60(76)67-52-17-10-13-42-12-8-9-16-50(42)52)73(39-45(44)35-49)62(78)57(64(3,4)5)68-58(74)41(2)65-6/h8-9,12,16,18-22,24,34-35,37-38,41,46,48,52-53,57,65H,10-11,13-15,17,23,25-33,36,39H2,1-7H3,(H,67,76)(H,68,74)(H,66,69,75)/t41-,46?,48?,52+,53-,57+/m0/s1. The molecular weight excluding hydrogens is 1090 g/mol. The minimum atomic E-state index is -0.863. The first-order valence-electron chi connectivity index (χ1n) is 29.6. The molecule has 10 rings (SSSR count). The quantitative estimate of drug-likeness (QED) is 0.0688. The molecule has 0 bridgehead atoms. The molecule has 0 spiro atoms. The minimum Gasteiger partial charge on any atom is -0.496 e. The van der Waals surface area contributed by atoms with E-state index in [1.165, 1.54) is 28.7 Å². The van der Waals surface area contributed by atoms with Crippen molar-refractivity contribution in [2.45, 2.75) is 144 Å². The third-order valence-electron chi connectivity index (χ3n) is 17.3. The highest BCUT2D eigenvalue weighted by molar-refractivity contribution is 8.01. The molecule has 6 atom stereocenters. The van der Waals surface area contributed by atoms with Crippen molar-refractivity contribution in [3.8, 4) is 11.5 Å². The molecule has 5 amide bonds. The molecule has 1 saturated carbocycles. The maximum atomic E-state index is 14.9. The molecule has 1 aromatic heterocycles. The van der Waals surface area contributed by atoms with Crippen LogP contribution < -0.4 is 35.6 Å². The lowest BCUT2D eigenvalue weighted by molar-refractivity contribution is -0.147. The summed E-state index contributed by atoms with van der Waals surface area (Å²) in [5.74, 6) is 0.263. The summed E-state index contributed by atoms with van der Waals surface area (Å²) in [5.41, 5.74) is 6.84. The zero-order valence-electron chi connectivity index (χ0n) is 49.1. The Bertz CT molecular complexity index is 3130. The number of thiazole rings is 1. The molecule has 442 valence electrons. The number of carbonyl (C=O) groups excluding carboxylic acids is 5. The number of aryl methyl sites for hydroxylation is 2. The minimum absolute atomic E-state index is 0.0515. The van der Waals surface area contributed by atoms with E-state index in [1.807, 2.05) is 82.3 Å². The number of amides is 5. The van der Waals surface area contributed by atoms with Gasteiger partial charge in [0.15, 0.2) is 5.13 Å². The van der Waals surface area contributed by atoms with Crippen LogP contribution in [-0.2, 0) is 38.5 Å². The average Bonchev–Trinajstić information content (AvgIpc) is 3.37. The fraction of sp³-hybridized carbons (Fsp3) is 0.500. The van der Waals surface area contributed by atoms with Crippen LogP contribution in [0.2, 0.25) is 0 Å². The van der Waals surface area contributed by atoms with Crippen molar-refractivity contribution in [1.82, 2.24) is 35.6 Å². The van der Waals surface area contributed by atoms with E-state index in [9.17, 15) is 24.0 Å². The number of fused-ring (bicyclic) bond motifs is 2. The maximum absolute atomic E-state index is 14.9. The number of nitrogens with one attached hydrogen (secondary N) is 4. The van der Waals surface area contributed by atoms with Crippen molar-refractivity contribution >= 4 is 63.5 Å². The van der Waals surface area contributed by atoms with Crippen molar-refractivity contribution in [3.05, 3.63) is 124 Å². The molecule has 3 aliphatic heterocycles. The normalized spacial score (nSPS) is 21.1. The summed E-state index contributed by atoms with van der Waals surface area (Å²) in [6.07, 6.45) is 10.0. The Morgan fingerprint density at radius 1 is 0.843 bits per heavy atom.